The number of rotatable bonds is 6. The first-order chi connectivity index (χ1) is 8.77. The van der Waals surface area contributed by atoms with Crippen LogP contribution in [0.4, 0.5) is 0 Å². The molecule has 0 aromatic heterocycles. The van der Waals surface area contributed by atoms with Crippen molar-refractivity contribution >= 4 is 9.52 Å². The second-order valence-electron chi connectivity index (χ2n) is 6.07. The van der Waals surface area contributed by atoms with Gasteiger partial charge in [0.2, 0.25) is 0 Å². The van der Waals surface area contributed by atoms with E-state index in [0.717, 1.165) is 0 Å². The van der Waals surface area contributed by atoms with Crippen LogP contribution in [0.25, 0.3) is 0 Å². The molecular weight excluding hydrogens is 236 g/mol. The highest BCUT2D eigenvalue weighted by Crippen LogP contribution is 2.32. The van der Waals surface area contributed by atoms with E-state index in [0.29, 0.717) is 5.66 Å². The lowest BCUT2D eigenvalue weighted by Gasteiger charge is -2.46. The van der Waals surface area contributed by atoms with Crippen molar-refractivity contribution in [1.82, 2.24) is 9.80 Å². The van der Waals surface area contributed by atoms with Crippen LogP contribution in [0.3, 0.4) is 0 Å². The zero-order valence-corrected chi connectivity index (χ0v) is 13.7. The maximum Gasteiger partial charge on any atom is 0.0705 e. The average molecular weight is 267 g/mol. The molecule has 0 amide bonds. The second-order valence-corrected chi connectivity index (χ2v) is 7.82. The van der Waals surface area contributed by atoms with Crippen LogP contribution in [0.5, 0.6) is 0 Å². The smallest absolute Gasteiger partial charge is 0.0705 e. The molecule has 0 N–H and O–H groups in total. The minimum atomic E-state index is 0.0438. The van der Waals surface area contributed by atoms with Crippen molar-refractivity contribution in [3.05, 3.63) is 11.8 Å². The summed E-state index contributed by atoms with van der Waals surface area (Å²) in [5.74, 6) is 0. The monoisotopic (exact) mass is 266 g/mol. The molecule has 2 nitrogen and oxygen atoms in total. The molecule has 18 heavy (non-hydrogen) atoms. The summed E-state index contributed by atoms with van der Waals surface area (Å²) in [5.41, 5.74) is 2.83. The van der Waals surface area contributed by atoms with Crippen molar-refractivity contribution in [3.8, 4) is 0 Å². The minimum Gasteiger partial charge on any atom is -0.286 e. The quantitative estimate of drug-likeness (QED) is 0.538. The zero-order chi connectivity index (χ0) is 12.8. The van der Waals surface area contributed by atoms with Gasteiger partial charge in [-0.05, 0) is 72.1 Å². The van der Waals surface area contributed by atoms with Gasteiger partial charge in [-0.3, -0.25) is 9.80 Å². The van der Waals surface area contributed by atoms with Crippen LogP contribution in [-0.4, -0.2) is 51.2 Å². The van der Waals surface area contributed by atoms with E-state index in [1.54, 1.807) is 0 Å². The van der Waals surface area contributed by atoms with Gasteiger partial charge in [0.15, 0.2) is 0 Å². The summed E-state index contributed by atoms with van der Waals surface area (Å²) in [6.07, 6.45) is 9.29. The summed E-state index contributed by atoms with van der Waals surface area (Å²) in [6.45, 7) is 10.0. The summed E-state index contributed by atoms with van der Waals surface area (Å²) < 4.78 is 0. The van der Waals surface area contributed by atoms with Gasteiger partial charge in [0.05, 0.1) is 5.66 Å². The highest BCUT2D eigenvalue weighted by Gasteiger charge is 2.39. The Bertz CT molecular complexity index is 250. The van der Waals surface area contributed by atoms with Crippen molar-refractivity contribution in [3.63, 3.8) is 0 Å². The summed E-state index contributed by atoms with van der Waals surface area (Å²) in [6, 6.07) is 1.47. The molecule has 0 aromatic carbocycles. The maximum atomic E-state index is 2.78. The van der Waals surface area contributed by atoms with E-state index < -0.39 is 0 Å². The lowest BCUT2D eigenvalue weighted by atomic mass is 10.1. The number of likely N-dealkylation sites (tertiary alicyclic amines) is 2. The Morgan fingerprint density at radius 3 is 1.94 bits per heavy atom. The maximum absolute atomic E-state index is 2.78. The number of allylic oxidation sites excluding steroid dienone is 1. The van der Waals surface area contributed by atoms with Crippen LogP contribution in [0.15, 0.2) is 11.8 Å². The van der Waals surface area contributed by atoms with Gasteiger partial charge in [-0.25, -0.2) is 0 Å². The Morgan fingerprint density at radius 2 is 1.50 bits per heavy atom. The molecule has 0 atom stereocenters. The highest BCUT2D eigenvalue weighted by molar-refractivity contribution is 6.41. The zero-order valence-electron chi connectivity index (χ0n) is 12.3. The molecule has 2 fully saturated rings. The molecule has 2 aliphatic heterocycles. The SMILES string of the molecule is C/C=C\[SiH2]CCC(C)(N1CCCC1)N1CCCC1. The lowest BCUT2D eigenvalue weighted by molar-refractivity contribution is -0.0213. The first kappa shape index (κ1) is 14.3. The molecule has 0 radical (unpaired) electrons. The van der Waals surface area contributed by atoms with Crippen LogP contribution in [0.2, 0.25) is 6.04 Å². The molecular formula is C15H30N2Si. The lowest BCUT2D eigenvalue weighted by Crippen LogP contribution is -2.56. The average Bonchev–Trinajstić information content (AvgIpc) is 3.05. The van der Waals surface area contributed by atoms with E-state index in [9.17, 15) is 0 Å². The Kier molecular flexibility index (Phi) is 5.46. The van der Waals surface area contributed by atoms with Crippen molar-refractivity contribution in [2.24, 2.45) is 0 Å². The summed E-state index contributed by atoms with van der Waals surface area (Å²) in [4.78, 5) is 5.56. The topological polar surface area (TPSA) is 6.48 Å². The number of hydrogen-bond acceptors (Lipinski definition) is 2. The summed E-state index contributed by atoms with van der Waals surface area (Å²) >= 11 is 0. The van der Waals surface area contributed by atoms with E-state index in [1.807, 2.05) is 0 Å². The normalized spacial score (nSPS) is 24.1. The Labute approximate surface area is 115 Å². The fourth-order valence-electron chi connectivity index (χ4n) is 3.64. The summed E-state index contributed by atoms with van der Waals surface area (Å²) in [7, 11) is 0.0438. The van der Waals surface area contributed by atoms with Crippen molar-refractivity contribution in [2.45, 2.75) is 57.7 Å². The van der Waals surface area contributed by atoms with Crippen molar-refractivity contribution in [1.29, 1.82) is 0 Å². The van der Waals surface area contributed by atoms with Gasteiger partial charge in [-0.15, -0.1) is 5.70 Å². The summed E-state index contributed by atoms with van der Waals surface area (Å²) in [5, 5.41) is 0. The van der Waals surface area contributed by atoms with Crippen LogP contribution < -0.4 is 0 Å². The third-order valence-electron chi connectivity index (χ3n) is 4.83. The van der Waals surface area contributed by atoms with E-state index in [-0.39, 0.29) is 9.52 Å². The van der Waals surface area contributed by atoms with E-state index in [2.05, 4.69) is 35.4 Å². The minimum absolute atomic E-state index is 0.0438. The molecule has 0 saturated carbocycles. The van der Waals surface area contributed by atoms with E-state index in [4.69, 9.17) is 0 Å². The molecule has 0 aliphatic carbocycles. The predicted octanol–water partition coefficient (Wildman–Crippen LogP) is 2.41. The molecule has 2 saturated heterocycles. The van der Waals surface area contributed by atoms with Crippen molar-refractivity contribution in [2.75, 3.05) is 26.2 Å². The Balaban J connectivity index is 1.96. The molecule has 0 aromatic rings. The van der Waals surface area contributed by atoms with Gasteiger partial charge in [0.1, 0.15) is 0 Å². The molecule has 0 bridgehead atoms. The molecule has 0 unspecified atom stereocenters. The van der Waals surface area contributed by atoms with Crippen molar-refractivity contribution < 1.29 is 0 Å². The first-order valence-corrected chi connectivity index (χ1v) is 9.70. The van der Waals surface area contributed by atoms with Gasteiger partial charge in [-0.1, -0.05) is 12.1 Å². The molecule has 2 aliphatic rings. The third-order valence-corrected chi connectivity index (χ3v) is 6.40. The fraction of sp³-hybridized carbons (Fsp3) is 0.867. The van der Waals surface area contributed by atoms with Gasteiger partial charge in [0.25, 0.3) is 0 Å². The van der Waals surface area contributed by atoms with Gasteiger partial charge < -0.3 is 0 Å². The van der Waals surface area contributed by atoms with Crippen LogP contribution >= 0.6 is 0 Å². The van der Waals surface area contributed by atoms with Crippen LogP contribution in [0, 0.1) is 0 Å². The molecule has 2 heterocycles. The number of hydrogen-bond donors (Lipinski definition) is 0. The third kappa shape index (κ3) is 3.25. The van der Waals surface area contributed by atoms with E-state index >= 15 is 0 Å². The Hall–Kier alpha value is -0.123. The van der Waals surface area contributed by atoms with Gasteiger partial charge in [0, 0.05) is 9.52 Å². The van der Waals surface area contributed by atoms with Crippen LogP contribution in [-0.2, 0) is 0 Å². The highest BCUT2D eigenvalue weighted by atomic mass is 28.2. The predicted molar refractivity (Wildman–Crippen MR) is 82.8 cm³/mol. The Morgan fingerprint density at radius 1 is 1.00 bits per heavy atom. The molecule has 104 valence electrons. The van der Waals surface area contributed by atoms with Gasteiger partial charge >= 0.3 is 0 Å². The fourth-order valence-corrected chi connectivity index (χ4v) is 5.08. The number of nitrogens with zero attached hydrogens (tertiary/aromatic N) is 2. The largest absolute Gasteiger partial charge is 0.286 e. The van der Waals surface area contributed by atoms with Gasteiger partial charge in [-0.2, -0.15) is 0 Å². The first-order valence-electron chi connectivity index (χ1n) is 7.88. The van der Waals surface area contributed by atoms with E-state index in [1.165, 1.54) is 64.3 Å². The molecule has 2 rings (SSSR count). The second kappa shape index (κ2) is 6.87. The van der Waals surface area contributed by atoms with Crippen LogP contribution in [0.1, 0.15) is 46.0 Å². The standard InChI is InChI=1S/C15H30N2Si/c1-3-13-18-14-8-15(2,16-9-4-5-10-16)17-11-6-7-12-17/h3,13H,4-12,14,18H2,1-2H3/b13-3-. The molecule has 0 spiro atoms. The molecule has 3 heteroatoms.